The van der Waals surface area contributed by atoms with Crippen molar-refractivity contribution in [2.75, 3.05) is 17.3 Å². The summed E-state index contributed by atoms with van der Waals surface area (Å²) >= 11 is 1.73. The Balaban J connectivity index is 2.39. The maximum absolute atomic E-state index is 11.6. The minimum absolute atomic E-state index is 0.0207. The number of aryl methyl sites for hydroxylation is 1. The van der Waals surface area contributed by atoms with Crippen LogP contribution in [0, 0.1) is 0 Å². The minimum atomic E-state index is -0.800. The molecule has 0 radical (unpaired) electrons. The van der Waals surface area contributed by atoms with E-state index in [0.29, 0.717) is 12.8 Å². The van der Waals surface area contributed by atoms with Crippen LogP contribution in [0.25, 0.3) is 0 Å². The summed E-state index contributed by atoms with van der Waals surface area (Å²) in [5.41, 5.74) is 1.72. The second-order valence-electron chi connectivity index (χ2n) is 4.24. The molecule has 104 valence electrons. The maximum atomic E-state index is 11.6. The van der Waals surface area contributed by atoms with Crippen molar-refractivity contribution in [3.05, 3.63) is 29.8 Å². The summed E-state index contributed by atoms with van der Waals surface area (Å²) in [6.45, 7) is 0. The topological polar surface area (TPSA) is 66.4 Å². The number of anilines is 1. The largest absolute Gasteiger partial charge is 0.481 e. The zero-order valence-corrected chi connectivity index (χ0v) is 11.8. The van der Waals surface area contributed by atoms with Gasteiger partial charge in [-0.1, -0.05) is 12.1 Å². The van der Waals surface area contributed by atoms with Crippen molar-refractivity contribution in [2.45, 2.75) is 25.7 Å². The minimum Gasteiger partial charge on any atom is -0.481 e. The van der Waals surface area contributed by atoms with Crippen molar-refractivity contribution >= 4 is 29.3 Å². The number of amides is 1. The van der Waals surface area contributed by atoms with Gasteiger partial charge in [0.2, 0.25) is 5.91 Å². The van der Waals surface area contributed by atoms with Crippen LogP contribution in [0.4, 0.5) is 5.69 Å². The number of rotatable bonds is 8. The number of nitrogens with one attached hydrogen (secondary N) is 1. The van der Waals surface area contributed by atoms with Crippen molar-refractivity contribution in [1.82, 2.24) is 0 Å². The van der Waals surface area contributed by atoms with E-state index in [1.165, 1.54) is 0 Å². The third-order valence-electron chi connectivity index (χ3n) is 2.62. The van der Waals surface area contributed by atoms with Gasteiger partial charge in [-0.05, 0) is 42.5 Å². The number of hydrogen-bond acceptors (Lipinski definition) is 3. The van der Waals surface area contributed by atoms with Crippen molar-refractivity contribution < 1.29 is 14.7 Å². The molecule has 4 nitrogen and oxygen atoms in total. The Labute approximate surface area is 117 Å². The summed E-state index contributed by atoms with van der Waals surface area (Å²) < 4.78 is 0. The number of carbonyl (C=O) groups excluding carboxylic acids is 1. The number of benzene rings is 1. The van der Waals surface area contributed by atoms with Gasteiger partial charge < -0.3 is 10.4 Å². The van der Waals surface area contributed by atoms with Gasteiger partial charge in [-0.3, -0.25) is 9.59 Å². The Morgan fingerprint density at radius 2 is 1.89 bits per heavy atom. The van der Waals surface area contributed by atoms with E-state index in [2.05, 4.69) is 5.32 Å². The summed E-state index contributed by atoms with van der Waals surface area (Å²) in [7, 11) is 0. The lowest BCUT2D eigenvalue weighted by atomic mass is 10.1. The van der Waals surface area contributed by atoms with E-state index in [9.17, 15) is 9.59 Å². The number of carboxylic acids is 1. The average molecular weight is 281 g/mol. The molecule has 0 aliphatic rings. The number of aliphatic carboxylic acids is 1. The lowest BCUT2D eigenvalue weighted by Gasteiger charge is -2.06. The molecule has 1 aromatic carbocycles. The normalized spacial score (nSPS) is 10.2. The second kappa shape index (κ2) is 8.58. The molecule has 1 aromatic rings. The zero-order valence-electron chi connectivity index (χ0n) is 11.0. The van der Waals surface area contributed by atoms with E-state index in [0.717, 1.165) is 23.4 Å². The van der Waals surface area contributed by atoms with Crippen LogP contribution >= 0.6 is 11.8 Å². The van der Waals surface area contributed by atoms with E-state index < -0.39 is 5.97 Å². The lowest BCUT2D eigenvalue weighted by Crippen LogP contribution is -2.11. The van der Waals surface area contributed by atoms with E-state index in [1.54, 1.807) is 11.8 Å². The van der Waals surface area contributed by atoms with E-state index in [-0.39, 0.29) is 12.3 Å². The van der Waals surface area contributed by atoms with Gasteiger partial charge in [-0.25, -0.2) is 0 Å². The fourth-order valence-corrected chi connectivity index (χ4v) is 2.04. The van der Waals surface area contributed by atoms with Gasteiger partial charge in [0.1, 0.15) is 0 Å². The molecule has 0 saturated carbocycles. The molecule has 0 aromatic heterocycles. The molecule has 0 fully saturated rings. The van der Waals surface area contributed by atoms with Crippen LogP contribution in [0.15, 0.2) is 24.3 Å². The van der Waals surface area contributed by atoms with Crippen LogP contribution in [0.2, 0.25) is 0 Å². The highest BCUT2D eigenvalue weighted by Gasteiger charge is 2.03. The van der Waals surface area contributed by atoms with Crippen LogP contribution in [0.3, 0.4) is 0 Å². The molecule has 2 N–H and O–H groups in total. The van der Waals surface area contributed by atoms with Crippen molar-refractivity contribution in [3.63, 3.8) is 0 Å². The predicted octanol–water partition coefficient (Wildman–Crippen LogP) is 2.79. The molecule has 0 bridgehead atoms. The first-order chi connectivity index (χ1) is 9.11. The van der Waals surface area contributed by atoms with E-state index in [4.69, 9.17) is 5.11 Å². The molecular weight excluding hydrogens is 262 g/mol. The number of carbonyl (C=O) groups is 2. The van der Waals surface area contributed by atoms with Crippen LogP contribution in [-0.4, -0.2) is 29.0 Å². The Morgan fingerprint density at radius 1 is 1.21 bits per heavy atom. The molecule has 0 spiro atoms. The Hall–Kier alpha value is -1.49. The molecule has 0 aliphatic heterocycles. The molecule has 1 rings (SSSR count). The average Bonchev–Trinajstić information content (AvgIpc) is 2.38. The first kappa shape index (κ1) is 15.6. The monoisotopic (exact) mass is 281 g/mol. The molecule has 1 amide bonds. The highest BCUT2D eigenvalue weighted by atomic mass is 32.2. The zero-order chi connectivity index (χ0) is 14.1. The summed E-state index contributed by atoms with van der Waals surface area (Å²) in [4.78, 5) is 22.0. The molecular formula is C14H19NO3S. The summed E-state index contributed by atoms with van der Waals surface area (Å²) in [6.07, 6.45) is 4.07. The summed E-state index contributed by atoms with van der Waals surface area (Å²) in [6, 6.07) is 7.31. The van der Waals surface area contributed by atoms with Gasteiger partial charge in [-0.2, -0.15) is 11.8 Å². The molecule has 0 unspecified atom stereocenters. The smallest absolute Gasteiger partial charge is 0.303 e. The third-order valence-corrected chi connectivity index (χ3v) is 3.31. The van der Waals surface area contributed by atoms with E-state index in [1.807, 2.05) is 30.5 Å². The number of thioether (sulfide) groups is 1. The van der Waals surface area contributed by atoms with Gasteiger partial charge in [-0.15, -0.1) is 0 Å². The van der Waals surface area contributed by atoms with Gasteiger partial charge >= 0.3 is 5.97 Å². The summed E-state index contributed by atoms with van der Waals surface area (Å²) in [5, 5.41) is 11.4. The highest BCUT2D eigenvalue weighted by Crippen LogP contribution is 2.12. The third kappa shape index (κ3) is 6.86. The molecule has 0 saturated heterocycles. The molecule has 0 aliphatic carbocycles. The molecule has 0 heterocycles. The van der Waals surface area contributed by atoms with Crippen molar-refractivity contribution in [3.8, 4) is 0 Å². The van der Waals surface area contributed by atoms with Crippen molar-refractivity contribution in [1.29, 1.82) is 0 Å². The van der Waals surface area contributed by atoms with Crippen LogP contribution in [0.5, 0.6) is 0 Å². The standard InChI is InChI=1S/C14H19NO3S/c1-19-10-2-3-13(16)15-12-7-4-11(5-8-12)6-9-14(17)18/h4-5,7-8H,2-3,6,9-10H2,1H3,(H,15,16)(H,17,18). The van der Waals surface area contributed by atoms with Gasteiger partial charge in [0.15, 0.2) is 0 Å². The highest BCUT2D eigenvalue weighted by molar-refractivity contribution is 7.98. The molecule has 0 atom stereocenters. The Kier molecular flexibility index (Phi) is 7.03. The fraction of sp³-hybridized carbons (Fsp3) is 0.429. The van der Waals surface area contributed by atoms with Crippen LogP contribution < -0.4 is 5.32 Å². The fourth-order valence-electron chi connectivity index (χ4n) is 1.61. The predicted molar refractivity (Wildman–Crippen MR) is 78.6 cm³/mol. The van der Waals surface area contributed by atoms with Gasteiger partial charge in [0, 0.05) is 18.5 Å². The van der Waals surface area contributed by atoms with Crippen molar-refractivity contribution in [2.24, 2.45) is 0 Å². The second-order valence-corrected chi connectivity index (χ2v) is 5.22. The number of carboxylic acid groups (broad SMARTS) is 1. The first-order valence-corrected chi connectivity index (χ1v) is 7.60. The Bertz CT molecular complexity index is 417. The molecule has 5 heteroatoms. The van der Waals surface area contributed by atoms with Gasteiger partial charge in [0.25, 0.3) is 0 Å². The Morgan fingerprint density at radius 3 is 2.47 bits per heavy atom. The lowest BCUT2D eigenvalue weighted by molar-refractivity contribution is -0.137. The first-order valence-electron chi connectivity index (χ1n) is 6.21. The maximum Gasteiger partial charge on any atom is 0.303 e. The van der Waals surface area contributed by atoms with Gasteiger partial charge in [0.05, 0.1) is 0 Å². The molecule has 19 heavy (non-hydrogen) atoms. The van der Waals surface area contributed by atoms with E-state index >= 15 is 0 Å². The quantitative estimate of drug-likeness (QED) is 0.719. The summed E-state index contributed by atoms with van der Waals surface area (Å²) in [5.74, 6) is 0.208. The number of hydrogen-bond donors (Lipinski definition) is 2. The van der Waals surface area contributed by atoms with Crippen LogP contribution in [0.1, 0.15) is 24.8 Å². The van der Waals surface area contributed by atoms with Crippen LogP contribution in [-0.2, 0) is 16.0 Å². The SMILES string of the molecule is CSCCCC(=O)Nc1ccc(CCC(=O)O)cc1.